The van der Waals surface area contributed by atoms with Gasteiger partial charge in [-0.2, -0.15) is 0 Å². The summed E-state index contributed by atoms with van der Waals surface area (Å²) in [7, 11) is 0. The van der Waals surface area contributed by atoms with E-state index in [2.05, 4.69) is 16.4 Å². The van der Waals surface area contributed by atoms with Crippen molar-refractivity contribution < 1.29 is 9.53 Å². The first-order valence-electron chi connectivity index (χ1n) is 8.07. The van der Waals surface area contributed by atoms with Crippen LogP contribution in [0.5, 0.6) is 0 Å². The van der Waals surface area contributed by atoms with Crippen LogP contribution >= 0.6 is 0 Å². The lowest BCUT2D eigenvalue weighted by Crippen LogP contribution is -2.48. The number of fused-ring (bicyclic) bond motifs is 2. The molecular formula is C17H25N3O2. The second kappa shape index (κ2) is 5.45. The first kappa shape index (κ1) is 15.1. The monoisotopic (exact) mass is 303 g/mol. The highest BCUT2D eigenvalue weighted by Crippen LogP contribution is 2.43. The summed E-state index contributed by atoms with van der Waals surface area (Å²) in [5, 5.41) is 3.38. The quantitative estimate of drug-likeness (QED) is 0.800. The van der Waals surface area contributed by atoms with E-state index in [0.29, 0.717) is 0 Å². The van der Waals surface area contributed by atoms with E-state index in [1.54, 1.807) is 0 Å². The van der Waals surface area contributed by atoms with E-state index in [0.717, 1.165) is 44.7 Å². The molecule has 2 aliphatic heterocycles. The van der Waals surface area contributed by atoms with Crippen LogP contribution in [0.25, 0.3) is 0 Å². The van der Waals surface area contributed by atoms with Crippen LogP contribution in [0.15, 0.2) is 18.3 Å². The molecule has 1 aromatic heterocycles. The molecular weight excluding hydrogens is 278 g/mol. The van der Waals surface area contributed by atoms with E-state index in [1.807, 2.05) is 37.9 Å². The molecule has 1 N–H and O–H groups in total. The molecule has 2 aliphatic rings. The Bertz CT molecular complexity index is 557. The van der Waals surface area contributed by atoms with Crippen molar-refractivity contribution in [3.63, 3.8) is 0 Å². The number of ether oxygens (including phenoxy) is 1. The smallest absolute Gasteiger partial charge is 0.410 e. The Hall–Kier alpha value is -1.78. The molecule has 1 amide bonds. The third kappa shape index (κ3) is 2.89. The van der Waals surface area contributed by atoms with Crippen LogP contribution in [0.3, 0.4) is 0 Å². The van der Waals surface area contributed by atoms with Gasteiger partial charge in [-0.1, -0.05) is 6.07 Å². The van der Waals surface area contributed by atoms with Crippen molar-refractivity contribution >= 4 is 11.9 Å². The van der Waals surface area contributed by atoms with Crippen LogP contribution in [0.2, 0.25) is 0 Å². The molecule has 22 heavy (non-hydrogen) atoms. The van der Waals surface area contributed by atoms with Gasteiger partial charge in [0.15, 0.2) is 0 Å². The summed E-state index contributed by atoms with van der Waals surface area (Å²) >= 11 is 0. The summed E-state index contributed by atoms with van der Waals surface area (Å²) in [5.41, 5.74) is 1.04. The van der Waals surface area contributed by atoms with Gasteiger partial charge in [0.2, 0.25) is 0 Å². The van der Waals surface area contributed by atoms with Gasteiger partial charge < -0.3 is 15.0 Å². The summed E-state index contributed by atoms with van der Waals surface area (Å²) < 4.78 is 5.48. The van der Waals surface area contributed by atoms with E-state index in [4.69, 9.17) is 4.74 Å². The van der Waals surface area contributed by atoms with Gasteiger partial charge >= 0.3 is 6.09 Å². The number of pyridine rings is 1. The predicted octanol–water partition coefficient (Wildman–Crippen LogP) is 3.17. The van der Waals surface area contributed by atoms with Gasteiger partial charge in [0.1, 0.15) is 11.4 Å². The van der Waals surface area contributed by atoms with E-state index < -0.39 is 5.60 Å². The number of hydrogen-bond acceptors (Lipinski definition) is 4. The van der Waals surface area contributed by atoms with Gasteiger partial charge in [0, 0.05) is 36.8 Å². The molecule has 1 spiro atoms. The molecule has 0 atom stereocenters. The van der Waals surface area contributed by atoms with Gasteiger partial charge in [-0.25, -0.2) is 9.78 Å². The predicted molar refractivity (Wildman–Crippen MR) is 86.1 cm³/mol. The molecule has 1 aromatic rings. The number of aromatic nitrogens is 1. The standard InChI is InChI=1S/C17H25N3O2/c1-16(2,3)22-15(21)20-11-7-17(8-12-20)6-10-19-14-13(17)5-4-9-18-14/h4-5,9H,6-8,10-12H2,1-3H3,(H,18,19). The molecule has 5 nitrogen and oxygen atoms in total. The number of hydrogen-bond donors (Lipinski definition) is 1. The molecule has 3 heterocycles. The summed E-state index contributed by atoms with van der Waals surface area (Å²) in [4.78, 5) is 18.5. The fourth-order valence-electron chi connectivity index (χ4n) is 3.49. The van der Waals surface area contributed by atoms with Gasteiger partial charge in [-0.3, -0.25) is 0 Å². The molecule has 1 fully saturated rings. The lowest BCUT2D eigenvalue weighted by Gasteiger charge is -2.45. The Labute approximate surface area is 132 Å². The number of carbonyl (C=O) groups is 1. The number of anilines is 1. The first-order chi connectivity index (χ1) is 10.4. The zero-order valence-electron chi connectivity index (χ0n) is 13.7. The minimum Gasteiger partial charge on any atom is -0.444 e. The maximum absolute atomic E-state index is 12.2. The van der Waals surface area contributed by atoms with Crippen LogP contribution in [-0.2, 0) is 10.2 Å². The van der Waals surface area contributed by atoms with Crippen LogP contribution < -0.4 is 5.32 Å². The highest BCUT2D eigenvalue weighted by atomic mass is 16.6. The van der Waals surface area contributed by atoms with Crippen molar-refractivity contribution in [2.24, 2.45) is 0 Å². The molecule has 120 valence electrons. The summed E-state index contributed by atoms with van der Waals surface area (Å²) in [6, 6.07) is 4.19. The van der Waals surface area contributed by atoms with E-state index >= 15 is 0 Å². The minimum atomic E-state index is -0.433. The van der Waals surface area contributed by atoms with Crippen molar-refractivity contribution in [3.8, 4) is 0 Å². The molecule has 3 rings (SSSR count). The van der Waals surface area contributed by atoms with Crippen molar-refractivity contribution in [1.82, 2.24) is 9.88 Å². The molecule has 0 bridgehead atoms. The van der Waals surface area contributed by atoms with Gasteiger partial charge in [0.05, 0.1) is 0 Å². The lowest BCUT2D eigenvalue weighted by molar-refractivity contribution is 0.0159. The van der Waals surface area contributed by atoms with Crippen molar-refractivity contribution in [3.05, 3.63) is 23.9 Å². The Morgan fingerprint density at radius 2 is 2.05 bits per heavy atom. The van der Waals surface area contributed by atoms with Crippen molar-refractivity contribution in [1.29, 1.82) is 0 Å². The number of rotatable bonds is 0. The summed E-state index contributed by atoms with van der Waals surface area (Å²) in [5.74, 6) is 1.01. The molecule has 1 saturated heterocycles. The van der Waals surface area contributed by atoms with Crippen molar-refractivity contribution in [2.45, 2.75) is 51.0 Å². The SMILES string of the molecule is CC(C)(C)OC(=O)N1CCC2(CCNc3ncccc32)CC1. The largest absolute Gasteiger partial charge is 0.444 e. The average molecular weight is 303 g/mol. The maximum Gasteiger partial charge on any atom is 0.410 e. The Kier molecular flexibility index (Phi) is 3.75. The van der Waals surface area contributed by atoms with E-state index in [9.17, 15) is 4.79 Å². The summed E-state index contributed by atoms with van der Waals surface area (Å²) in [6.45, 7) is 8.18. The number of nitrogens with one attached hydrogen (secondary N) is 1. The second-order valence-corrected chi connectivity index (χ2v) is 7.32. The first-order valence-corrected chi connectivity index (χ1v) is 8.07. The van der Waals surface area contributed by atoms with Crippen LogP contribution in [-0.4, -0.2) is 41.2 Å². The zero-order valence-corrected chi connectivity index (χ0v) is 13.7. The van der Waals surface area contributed by atoms with Crippen molar-refractivity contribution in [2.75, 3.05) is 25.0 Å². The van der Waals surface area contributed by atoms with Gasteiger partial charge in [-0.15, -0.1) is 0 Å². The topological polar surface area (TPSA) is 54.5 Å². The number of likely N-dealkylation sites (tertiary alicyclic amines) is 1. The third-order valence-electron chi connectivity index (χ3n) is 4.65. The number of amides is 1. The zero-order chi connectivity index (χ0) is 15.8. The Balaban J connectivity index is 1.71. The fourth-order valence-corrected chi connectivity index (χ4v) is 3.49. The molecule has 0 aromatic carbocycles. The Morgan fingerprint density at radius 3 is 2.73 bits per heavy atom. The lowest BCUT2D eigenvalue weighted by atomic mass is 9.69. The number of carbonyl (C=O) groups excluding carboxylic acids is 1. The van der Waals surface area contributed by atoms with Gasteiger partial charge in [-0.05, 0) is 46.1 Å². The second-order valence-electron chi connectivity index (χ2n) is 7.32. The van der Waals surface area contributed by atoms with Crippen LogP contribution in [0.1, 0.15) is 45.6 Å². The van der Waals surface area contributed by atoms with Crippen LogP contribution in [0.4, 0.5) is 10.6 Å². The molecule has 0 aliphatic carbocycles. The highest BCUT2D eigenvalue weighted by Gasteiger charge is 2.41. The number of piperidine rings is 1. The van der Waals surface area contributed by atoms with E-state index in [-0.39, 0.29) is 11.5 Å². The molecule has 5 heteroatoms. The van der Waals surface area contributed by atoms with Gasteiger partial charge in [0.25, 0.3) is 0 Å². The average Bonchev–Trinajstić information content (AvgIpc) is 2.47. The normalized spacial score (nSPS) is 20.2. The number of nitrogens with zero attached hydrogens (tertiary/aromatic N) is 2. The Morgan fingerprint density at radius 1 is 1.32 bits per heavy atom. The molecule has 0 unspecified atom stereocenters. The third-order valence-corrected chi connectivity index (χ3v) is 4.65. The fraction of sp³-hybridized carbons (Fsp3) is 0.647. The highest BCUT2D eigenvalue weighted by molar-refractivity contribution is 5.68. The minimum absolute atomic E-state index is 0.160. The molecule has 0 radical (unpaired) electrons. The van der Waals surface area contributed by atoms with Crippen LogP contribution in [0, 0.1) is 0 Å². The summed E-state index contributed by atoms with van der Waals surface area (Å²) in [6.07, 6.45) is 4.70. The maximum atomic E-state index is 12.2. The van der Waals surface area contributed by atoms with E-state index in [1.165, 1.54) is 5.56 Å². The molecule has 0 saturated carbocycles.